The van der Waals surface area contributed by atoms with E-state index >= 15 is 0 Å². The summed E-state index contributed by atoms with van der Waals surface area (Å²) in [6, 6.07) is -0.0156. The minimum atomic E-state index is -1.21. The SMILES string of the molecule is COC[C@@H]1CC[C@@H](COC)N1C(=O)[C@@]1(C)OC(=O)C=C1C. The van der Waals surface area contributed by atoms with E-state index in [-0.39, 0.29) is 18.0 Å². The lowest BCUT2D eigenvalue weighted by atomic mass is 9.96. The van der Waals surface area contributed by atoms with Crippen LogP contribution in [0.4, 0.5) is 0 Å². The Bertz CT molecular complexity index is 447. The van der Waals surface area contributed by atoms with Crippen LogP contribution in [0.1, 0.15) is 26.7 Å². The van der Waals surface area contributed by atoms with E-state index in [0.717, 1.165) is 12.8 Å². The number of carbonyl (C=O) groups excluding carboxylic acids is 2. The van der Waals surface area contributed by atoms with Gasteiger partial charge in [0.25, 0.3) is 5.91 Å². The van der Waals surface area contributed by atoms with Crippen LogP contribution in [-0.4, -0.2) is 61.9 Å². The Morgan fingerprint density at radius 1 is 1.33 bits per heavy atom. The number of carbonyl (C=O) groups is 2. The van der Waals surface area contributed by atoms with Crippen LogP contribution in [0.2, 0.25) is 0 Å². The molecule has 2 aliphatic heterocycles. The maximum Gasteiger partial charge on any atom is 0.332 e. The topological polar surface area (TPSA) is 65.1 Å². The fourth-order valence-corrected chi connectivity index (χ4v) is 3.09. The van der Waals surface area contributed by atoms with E-state index in [1.807, 2.05) is 0 Å². The Labute approximate surface area is 125 Å². The van der Waals surface area contributed by atoms with E-state index in [1.165, 1.54) is 6.08 Å². The summed E-state index contributed by atoms with van der Waals surface area (Å²) in [5, 5.41) is 0. The van der Waals surface area contributed by atoms with Crippen molar-refractivity contribution in [3.05, 3.63) is 11.6 Å². The maximum atomic E-state index is 13.0. The van der Waals surface area contributed by atoms with Crippen LogP contribution in [-0.2, 0) is 23.8 Å². The molecule has 0 radical (unpaired) electrons. The first kappa shape index (κ1) is 16.0. The fourth-order valence-electron chi connectivity index (χ4n) is 3.09. The van der Waals surface area contributed by atoms with Gasteiger partial charge in [0, 0.05) is 20.3 Å². The van der Waals surface area contributed by atoms with Crippen molar-refractivity contribution in [2.45, 2.75) is 44.4 Å². The quantitative estimate of drug-likeness (QED) is 0.705. The predicted octanol–water partition coefficient (Wildman–Crippen LogP) is 0.901. The predicted molar refractivity (Wildman–Crippen MR) is 75.7 cm³/mol. The van der Waals surface area contributed by atoms with Gasteiger partial charge in [-0.15, -0.1) is 0 Å². The molecular weight excluding hydrogens is 274 g/mol. The lowest BCUT2D eigenvalue weighted by Gasteiger charge is -2.36. The molecule has 0 unspecified atom stereocenters. The molecule has 2 heterocycles. The van der Waals surface area contributed by atoms with Gasteiger partial charge in [0.15, 0.2) is 0 Å². The molecule has 0 saturated carbocycles. The molecule has 0 aromatic carbocycles. The Kier molecular flexibility index (Phi) is 4.68. The molecule has 2 aliphatic rings. The molecule has 6 heteroatoms. The van der Waals surface area contributed by atoms with Crippen LogP contribution in [0.25, 0.3) is 0 Å². The van der Waals surface area contributed by atoms with E-state index in [1.54, 1.807) is 33.0 Å². The van der Waals surface area contributed by atoms with Crippen LogP contribution in [0.3, 0.4) is 0 Å². The minimum absolute atomic E-state index is 0.00780. The number of cyclic esters (lactones) is 1. The molecule has 6 nitrogen and oxygen atoms in total. The highest BCUT2D eigenvalue weighted by Crippen LogP contribution is 2.34. The largest absolute Gasteiger partial charge is 0.441 e. The zero-order chi connectivity index (χ0) is 15.6. The lowest BCUT2D eigenvalue weighted by Crippen LogP contribution is -2.54. The molecule has 0 N–H and O–H groups in total. The van der Waals surface area contributed by atoms with Gasteiger partial charge in [-0.05, 0) is 32.3 Å². The zero-order valence-corrected chi connectivity index (χ0v) is 13.0. The molecule has 1 fully saturated rings. The average Bonchev–Trinajstić information content (AvgIpc) is 2.92. The monoisotopic (exact) mass is 297 g/mol. The van der Waals surface area contributed by atoms with Gasteiger partial charge in [-0.2, -0.15) is 0 Å². The van der Waals surface area contributed by atoms with Gasteiger partial charge in [0.1, 0.15) is 0 Å². The highest BCUT2D eigenvalue weighted by molar-refractivity contribution is 5.98. The molecule has 21 heavy (non-hydrogen) atoms. The molecule has 1 saturated heterocycles. The van der Waals surface area contributed by atoms with Crippen molar-refractivity contribution in [1.29, 1.82) is 0 Å². The Morgan fingerprint density at radius 3 is 2.24 bits per heavy atom. The van der Waals surface area contributed by atoms with Gasteiger partial charge >= 0.3 is 5.97 Å². The van der Waals surface area contributed by atoms with Gasteiger partial charge in [0.05, 0.1) is 25.3 Å². The van der Waals surface area contributed by atoms with Gasteiger partial charge in [-0.3, -0.25) is 4.79 Å². The Hall–Kier alpha value is -1.40. The number of likely N-dealkylation sites (tertiary alicyclic amines) is 1. The molecule has 1 amide bonds. The molecule has 0 aromatic rings. The summed E-state index contributed by atoms with van der Waals surface area (Å²) >= 11 is 0. The summed E-state index contributed by atoms with van der Waals surface area (Å²) in [7, 11) is 3.24. The third-order valence-electron chi connectivity index (χ3n) is 4.37. The number of hydrogen-bond acceptors (Lipinski definition) is 5. The summed E-state index contributed by atoms with van der Waals surface area (Å²) in [5.41, 5.74) is -0.573. The van der Waals surface area contributed by atoms with Crippen molar-refractivity contribution in [2.75, 3.05) is 27.4 Å². The van der Waals surface area contributed by atoms with Gasteiger partial charge in [-0.1, -0.05) is 0 Å². The van der Waals surface area contributed by atoms with Crippen molar-refractivity contribution in [3.8, 4) is 0 Å². The lowest BCUT2D eigenvalue weighted by molar-refractivity contribution is -0.164. The average molecular weight is 297 g/mol. The Morgan fingerprint density at radius 2 is 1.86 bits per heavy atom. The van der Waals surface area contributed by atoms with Crippen LogP contribution in [0.5, 0.6) is 0 Å². The number of nitrogens with zero attached hydrogens (tertiary/aromatic N) is 1. The smallest absolute Gasteiger partial charge is 0.332 e. The summed E-state index contributed by atoms with van der Waals surface area (Å²) in [6.45, 7) is 4.34. The second-order valence-corrected chi connectivity index (χ2v) is 5.79. The third-order valence-corrected chi connectivity index (χ3v) is 4.37. The maximum absolute atomic E-state index is 13.0. The van der Waals surface area contributed by atoms with Gasteiger partial charge < -0.3 is 19.1 Å². The number of rotatable bonds is 5. The third kappa shape index (κ3) is 2.82. The van der Waals surface area contributed by atoms with Crippen molar-refractivity contribution >= 4 is 11.9 Å². The molecule has 0 aromatic heterocycles. The second kappa shape index (κ2) is 6.15. The summed E-state index contributed by atoms with van der Waals surface area (Å²) < 4.78 is 15.7. The number of esters is 1. The first-order chi connectivity index (χ1) is 9.93. The number of methoxy groups -OCH3 is 2. The van der Waals surface area contributed by atoms with Crippen molar-refractivity contribution < 1.29 is 23.8 Å². The molecule has 0 bridgehead atoms. The minimum Gasteiger partial charge on any atom is -0.441 e. The van der Waals surface area contributed by atoms with E-state index in [4.69, 9.17) is 14.2 Å². The molecule has 3 atom stereocenters. The van der Waals surface area contributed by atoms with Gasteiger partial charge in [-0.25, -0.2) is 4.79 Å². The first-order valence-corrected chi connectivity index (χ1v) is 7.16. The normalized spacial score (nSPS) is 32.3. The Balaban J connectivity index is 2.25. The standard InChI is InChI=1S/C15H23NO5/c1-10-7-13(17)21-15(10,2)14(18)16-11(8-19-3)5-6-12(16)9-20-4/h7,11-12H,5-6,8-9H2,1-4H3/t11-,12-,15-/m0/s1. The summed E-state index contributed by atoms with van der Waals surface area (Å²) in [4.78, 5) is 26.3. The number of ether oxygens (including phenoxy) is 3. The number of hydrogen-bond donors (Lipinski definition) is 0. The van der Waals surface area contributed by atoms with Crippen LogP contribution < -0.4 is 0 Å². The fraction of sp³-hybridized carbons (Fsp3) is 0.733. The molecular formula is C15H23NO5. The highest BCUT2D eigenvalue weighted by atomic mass is 16.6. The van der Waals surface area contributed by atoms with E-state index < -0.39 is 11.6 Å². The summed E-state index contributed by atoms with van der Waals surface area (Å²) in [6.07, 6.45) is 3.10. The van der Waals surface area contributed by atoms with Crippen molar-refractivity contribution in [1.82, 2.24) is 4.90 Å². The summed E-state index contributed by atoms with van der Waals surface area (Å²) in [5.74, 6) is -0.655. The molecule has 0 aliphatic carbocycles. The number of amides is 1. The highest BCUT2D eigenvalue weighted by Gasteiger charge is 2.50. The van der Waals surface area contributed by atoms with Crippen molar-refractivity contribution in [3.63, 3.8) is 0 Å². The first-order valence-electron chi connectivity index (χ1n) is 7.16. The van der Waals surface area contributed by atoms with E-state index in [2.05, 4.69) is 0 Å². The van der Waals surface area contributed by atoms with E-state index in [9.17, 15) is 9.59 Å². The molecule has 118 valence electrons. The second-order valence-electron chi connectivity index (χ2n) is 5.79. The van der Waals surface area contributed by atoms with E-state index in [0.29, 0.717) is 18.8 Å². The van der Waals surface area contributed by atoms with Crippen molar-refractivity contribution in [2.24, 2.45) is 0 Å². The molecule has 2 rings (SSSR count). The zero-order valence-electron chi connectivity index (χ0n) is 13.0. The van der Waals surface area contributed by atoms with Crippen LogP contribution >= 0.6 is 0 Å². The van der Waals surface area contributed by atoms with Crippen LogP contribution in [0, 0.1) is 0 Å². The van der Waals surface area contributed by atoms with Gasteiger partial charge in [0.2, 0.25) is 5.60 Å². The van der Waals surface area contributed by atoms with Crippen LogP contribution in [0.15, 0.2) is 11.6 Å². The molecule has 0 spiro atoms.